The molecule has 2 aromatic rings. The molecule has 2 aromatic carbocycles. The monoisotopic (exact) mass is 416 g/mol. The van der Waals surface area contributed by atoms with Gasteiger partial charge in [0.25, 0.3) is 5.91 Å². The number of halogens is 1. The highest BCUT2D eigenvalue weighted by molar-refractivity contribution is 6.07. The maximum Gasteiger partial charge on any atom is 0.259 e. The molecule has 1 aliphatic rings. The minimum atomic E-state index is -0.430. The minimum absolute atomic E-state index is 0.253. The molecule has 1 N–H and O–H groups in total. The summed E-state index contributed by atoms with van der Waals surface area (Å²) in [6.45, 7) is 0. The molecule has 0 heterocycles. The van der Waals surface area contributed by atoms with Gasteiger partial charge in [-0.15, -0.1) is 0 Å². The maximum absolute atomic E-state index is 14.8. The highest BCUT2D eigenvalue weighted by Crippen LogP contribution is 2.40. The summed E-state index contributed by atoms with van der Waals surface area (Å²) in [7, 11) is 6.36. The van der Waals surface area contributed by atoms with Crippen LogP contribution in [-0.2, 0) is 0 Å². The maximum atomic E-state index is 14.8. The topological polar surface area (TPSA) is 60.0 Å². The third-order valence-corrected chi connectivity index (χ3v) is 5.66. The van der Waals surface area contributed by atoms with Crippen LogP contribution in [-0.4, -0.2) is 40.3 Å². The van der Waals surface area contributed by atoms with Crippen LogP contribution < -0.4 is 24.4 Å². The highest BCUT2D eigenvalue weighted by Gasteiger charge is 2.23. The lowest BCUT2D eigenvalue weighted by Crippen LogP contribution is -2.33. The quantitative estimate of drug-likeness (QED) is 0.698. The van der Waals surface area contributed by atoms with Crippen LogP contribution in [0.5, 0.6) is 17.2 Å². The van der Waals surface area contributed by atoms with Crippen LogP contribution in [0.15, 0.2) is 30.3 Å². The number of rotatable bonds is 7. The minimum Gasteiger partial charge on any atom is -0.493 e. The lowest BCUT2D eigenvalue weighted by atomic mass is 9.94. The molecule has 0 atom stereocenters. The Kier molecular flexibility index (Phi) is 7.03. The molecule has 0 saturated heterocycles. The van der Waals surface area contributed by atoms with Crippen LogP contribution in [0.4, 0.5) is 15.8 Å². The molecule has 0 radical (unpaired) electrons. The molecule has 1 fully saturated rings. The third kappa shape index (κ3) is 4.45. The van der Waals surface area contributed by atoms with Crippen molar-refractivity contribution in [2.45, 2.75) is 38.1 Å². The molecule has 0 aromatic heterocycles. The Bertz CT molecular complexity index is 897. The Labute approximate surface area is 176 Å². The van der Waals surface area contributed by atoms with E-state index in [0.29, 0.717) is 28.9 Å². The van der Waals surface area contributed by atoms with E-state index in [9.17, 15) is 9.18 Å². The summed E-state index contributed by atoms with van der Waals surface area (Å²) in [6, 6.07) is 8.33. The van der Waals surface area contributed by atoms with Gasteiger partial charge in [0.05, 0.1) is 32.6 Å². The van der Waals surface area contributed by atoms with Gasteiger partial charge in [-0.25, -0.2) is 4.39 Å². The SMILES string of the molecule is COc1ccc(C(=O)Nc2ccc(N(C)C3CCCCC3)c(F)c2)c(OC)c1OC. The van der Waals surface area contributed by atoms with E-state index in [1.165, 1.54) is 46.7 Å². The number of amides is 1. The predicted octanol–water partition coefficient (Wildman–Crippen LogP) is 4.87. The summed E-state index contributed by atoms with van der Waals surface area (Å²) in [6.07, 6.45) is 5.76. The summed E-state index contributed by atoms with van der Waals surface area (Å²) < 4.78 is 30.7. The van der Waals surface area contributed by atoms with Gasteiger partial charge in [0.1, 0.15) is 5.82 Å². The number of carbonyl (C=O) groups excluding carboxylic acids is 1. The summed E-state index contributed by atoms with van der Waals surface area (Å²) in [5, 5.41) is 2.73. The highest BCUT2D eigenvalue weighted by atomic mass is 19.1. The number of methoxy groups -OCH3 is 3. The first-order valence-electron chi connectivity index (χ1n) is 10.1. The first-order valence-corrected chi connectivity index (χ1v) is 10.1. The lowest BCUT2D eigenvalue weighted by molar-refractivity contribution is 0.102. The average Bonchev–Trinajstić information content (AvgIpc) is 2.78. The molecule has 6 nitrogen and oxygen atoms in total. The van der Waals surface area contributed by atoms with Gasteiger partial charge < -0.3 is 24.4 Å². The van der Waals surface area contributed by atoms with Crippen molar-refractivity contribution in [3.05, 3.63) is 41.7 Å². The predicted molar refractivity (Wildman–Crippen MR) is 116 cm³/mol. The number of anilines is 2. The van der Waals surface area contributed by atoms with Gasteiger partial charge in [0.15, 0.2) is 11.5 Å². The molecule has 3 rings (SSSR count). The Balaban J connectivity index is 1.80. The second-order valence-corrected chi connectivity index (χ2v) is 7.40. The van der Waals surface area contributed by atoms with Gasteiger partial charge in [-0.2, -0.15) is 0 Å². The van der Waals surface area contributed by atoms with Gasteiger partial charge in [-0.05, 0) is 43.2 Å². The van der Waals surface area contributed by atoms with Gasteiger partial charge in [-0.3, -0.25) is 4.79 Å². The largest absolute Gasteiger partial charge is 0.493 e. The smallest absolute Gasteiger partial charge is 0.259 e. The standard InChI is InChI=1S/C23H29FN2O4/c1-26(16-8-6-5-7-9-16)19-12-10-15(14-18(19)24)25-23(27)17-11-13-20(28-2)22(30-4)21(17)29-3/h10-14,16H,5-9H2,1-4H3,(H,25,27). The summed E-state index contributed by atoms with van der Waals surface area (Å²) >= 11 is 0. The van der Waals surface area contributed by atoms with Crippen LogP contribution in [0.2, 0.25) is 0 Å². The number of nitrogens with one attached hydrogen (secondary N) is 1. The van der Waals surface area contributed by atoms with Crippen molar-refractivity contribution in [3.63, 3.8) is 0 Å². The van der Waals surface area contributed by atoms with Crippen molar-refractivity contribution in [1.82, 2.24) is 0 Å². The van der Waals surface area contributed by atoms with Crippen LogP contribution >= 0.6 is 0 Å². The molecule has 0 bridgehead atoms. The van der Waals surface area contributed by atoms with E-state index in [1.54, 1.807) is 24.3 Å². The molecular formula is C23H29FN2O4. The van der Waals surface area contributed by atoms with E-state index in [0.717, 1.165) is 12.8 Å². The fourth-order valence-electron chi connectivity index (χ4n) is 4.01. The van der Waals surface area contributed by atoms with Gasteiger partial charge in [-0.1, -0.05) is 19.3 Å². The Morgan fingerprint density at radius 1 is 1.00 bits per heavy atom. The van der Waals surface area contributed by atoms with Crippen molar-refractivity contribution in [1.29, 1.82) is 0 Å². The molecule has 0 spiro atoms. The van der Waals surface area contributed by atoms with Crippen LogP contribution in [0.25, 0.3) is 0 Å². The van der Waals surface area contributed by atoms with E-state index >= 15 is 0 Å². The van der Waals surface area contributed by atoms with Crippen molar-refractivity contribution < 1.29 is 23.4 Å². The number of hydrogen-bond donors (Lipinski definition) is 1. The van der Waals surface area contributed by atoms with Crippen molar-refractivity contribution >= 4 is 17.3 Å². The summed E-state index contributed by atoms with van der Waals surface area (Å²) in [5.41, 5.74) is 1.18. The number of benzene rings is 2. The average molecular weight is 416 g/mol. The first-order chi connectivity index (χ1) is 14.5. The zero-order valence-corrected chi connectivity index (χ0v) is 18.0. The summed E-state index contributed by atoms with van der Waals surface area (Å²) in [5.74, 6) is 0.236. The Morgan fingerprint density at radius 3 is 2.30 bits per heavy atom. The number of ether oxygens (including phenoxy) is 3. The van der Waals surface area contributed by atoms with Crippen molar-refractivity contribution in [3.8, 4) is 17.2 Å². The van der Waals surface area contributed by atoms with Gasteiger partial charge in [0.2, 0.25) is 5.75 Å². The van der Waals surface area contributed by atoms with Crippen LogP contribution in [0, 0.1) is 5.82 Å². The normalized spacial score (nSPS) is 14.2. The van der Waals surface area contributed by atoms with Crippen LogP contribution in [0.1, 0.15) is 42.5 Å². The molecule has 0 aliphatic heterocycles. The lowest BCUT2D eigenvalue weighted by Gasteiger charge is -2.33. The molecule has 1 aliphatic carbocycles. The molecule has 7 heteroatoms. The van der Waals surface area contributed by atoms with E-state index in [-0.39, 0.29) is 17.1 Å². The first kappa shape index (κ1) is 21.7. The zero-order valence-electron chi connectivity index (χ0n) is 18.0. The second kappa shape index (κ2) is 9.69. The molecule has 162 valence electrons. The van der Waals surface area contributed by atoms with Crippen LogP contribution in [0.3, 0.4) is 0 Å². The van der Waals surface area contributed by atoms with Gasteiger partial charge >= 0.3 is 0 Å². The van der Waals surface area contributed by atoms with E-state index in [4.69, 9.17) is 14.2 Å². The molecule has 1 saturated carbocycles. The molecule has 1 amide bonds. The Hall–Kier alpha value is -2.96. The third-order valence-electron chi connectivity index (χ3n) is 5.66. The molecular weight excluding hydrogens is 387 g/mol. The Morgan fingerprint density at radius 2 is 1.70 bits per heavy atom. The van der Waals surface area contributed by atoms with E-state index in [2.05, 4.69) is 5.32 Å². The van der Waals surface area contributed by atoms with Gasteiger partial charge in [0, 0.05) is 18.8 Å². The number of nitrogens with zero attached hydrogens (tertiary/aromatic N) is 1. The van der Waals surface area contributed by atoms with E-state index < -0.39 is 5.91 Å². The fourth-order valence-corrected chi connectivity index (χ4v) is 4.01. The van der Waals surface area contributed by atoms with E-state index in [1.807, 2.05) is 11.9 Å². The van der Waals surface area contributed by atoms with Crippen molar-refractivity contribution in [2.75, 3.05) is 38.6 Å². The summed E-state index contributed by atoms with van der Waals surface area (Å²) in [4.78, 5) is 14.8. The molecule has 30 heavy (non-hydrogen) atoms. The number of carbonyl (C=O) groups is 1. The van der Waals surface area contributed by atoms with Crippen molar-refractivity contribution in [2.24, 2.45) is 0 Å². The second-order valence-electron chi connectivity index (χ2n) is 7.40. The fraction of sp³-hybridized carbons (Fsp3) is 0.435. The zero-order chi connectivity index (χ0) is 21.7. The number of hydrogen-bond acceptors (Lipinski definition) is 5. The molecule has 0 unspecified atom stereocenters.